The van der Waals surface area contributed by atoms with Gasteiger partial charge >= 0.3 is 33.3 Å². The van der Waals surface area contributed by atoms with Crippen LogP contribution >= 0.6 is 20.2 Å². The van der Waals surface area contributed by atoms with E-state index in [1.165, 1.54) is 99.6 Å². The summed E-state index contributed by atoms with van der Waals surface area (Å²) in [7, 11) is 9.59. The van der Waals surface area contributed by atoms with E-state index in [4.69, 9.17) is 46.4 Å². The fourth-order valence-corrected chi connectivity index (χ4v) is 7.01. The van der Waals surface area contributed by atoms with Crippen molar-refractivity contribution in [3.8, 4) is 0 Å². The number of aromatic nitrogens is 1. The molecular formula is C27H39Cl2MnN5-4. The second-order valence-electron chi connectivity index (χ2n) is 10.9. The van der Waals surface area contributed by atoms with Crippen LogP contribution < -0.4 is 0 Å². The summed E-state index contributed by atoms with van der Waals surface area (Å²) in [5, 5.41) is 21.2. The van der Waals surface area contributed by atoms with E-state index in [0.29, 0.717) is 24.2 Å². The monoisotopic (exact) mass is 558 g/mol. The predicted molar refractivity (Wildman–Crippen MR) is 143 cm³/mol. The summed E-state index contributed by atoms with van der Waals surface area (Å²) < 4.78 is 0. The van der Waals surface area contributed by atoms with Gasteiger partial charge in [-0.3, -0.25) is 4.98 Å². The predicted octanol–water partition coefficient (Wildman–Crippen LogP) is 8.34. The molecule has 0 N–H and O–H groups in total. The Morgan fingerprint density at radius 1 is 0.629 bits per heavy atom. The first-order valence-corrected chi connectivity index (χ1v) is 17.1. The van der Waals surface area contributed by atoms with Crippen molar-refractivity contribution >= 4 is 20.2 Å². The van der Waals surface area contributed by atoms with Crippen LogP contribution in [-0.4, -0.2) is 42.2 Å². The van der Waals surface area contributed by atoms with Crippen molar-refractivity contribution in [2.24, 2.45) is 0 Å². The van der Waals surface area contributed by atoms with Crippen LogP contribution in [0.15, 0.2) is 6.07 Å². The zero-order chi connectivity index (χ0) is 24.0. The van der Waals surface area contributed by atoms with Gasteiger partial charge in [-0.25, -0.2) is 0 Å². The van der Waals surface area contributed by atoms with Gasteiger partial charge in [0.05, 0.1) is 0 Å². The number of hydrogen-bond acceptors (Lipinski definition) is 1. The first kappa shape index (κ1) is 26.7. The zero-order valence-corrected chi connectivity index (χ0v) is 23.4. The SMILES string of the molecule is [Cl][Mn][Cl].c1c2c3nc4c1CCCC4[N-][C@@H]1CCCC[C@H]1[N-]CC[N-]C1CCCC[C@H]1[N-]C3CCC2. The third kappa shape index (κ3) is 6.57. The van der Waals surface area contributed by atoms with Gasteiger partial charge in [0.2, 0.25) is 0 Å². The summed E-state index contributed by atoms with van der Waals surface area (Å²) in [4.78, 5) is 5.42. The van der Waals surface area contributed by atoms with E-state index in [2.05, 4.69) is 6.07 Å². The summed E-state index contributed by atoms with van der Waals surface area (Å²) in [6.07, 6.45) is 17.1. The fraction of sp³-hybridized carbons (Fsp3) is 0.815. The number of hydrogen-bond donors (Lipinski definition) is 0. The third-order valence-corrected chi connectivity index (χ3v) is 8.68. The smallest absolute Gasteiger partial charge is 0.0264 e. The molecule has 1 aliphatic heterocycles. The van der Waals surface area contributed by atoms with Crippen molar-refractivity contribution < 1.29 is 13.1 Å². The maximum atomic E-state index is 5.47. The molecule has 3 unspecified atom stereocenters. The van der Waals surface area contributed by atoms with Crippen LogP contribution in [0.3, 0.4) is 0 Å². The third-order valence-electron chi connectivity index (χ3n) is 8.68. The van der Waals surface area contributed by atoms with Gasteiger partial charge in [-0.2, -0.15) is 37.3 Å². The Bertz CT molecular complexity index is 766. The Morgan fingerprint density at radius 3 is 1.51 bits per heavy atom. The molecule has 2 heterocycles. The van der Waals surface area contributed by atoms with Gasteiger partial charge < -0.3 is 21.3 Å². The normalized spacial score (nSPS) is 35.3. The van der Waals surface area contributed by atoms with Crippen LogP contribution in [0.1, 0.15) is 112 Å². The molecule has 5 nitrogen and oxygen atoms in total. The van der Waals surface area contributed by atoms with E-state index in [-0.39, 0.29) is 25.2 Å². The zero-order valence-electron chi connectivity index (χ0n) is 20.7. The second-order valence-corrected chi connectivity index (χ2v) is 12.8. The van der Waals surface area contributed by atoms with E-state index in [1.807, 2.05) is 0 Å². The minimum absolute atomic E-state index is 0.00694. The topological polar surface area (TPSA) is 69.3 Å². The van der Waals surface area contributed by atoms with Crippen molar-refractivity contribution in [1.29, 1.82) is 0 Å². The second kappa shape index (κ2) is 13.2. The molecule has 1 aromatic heterocycles. The molecule has 0 aromatic carbocycles. The Kier molecular flexibility index (Phi) is 10.1. The molecule has 4 aliphatic carbocycles. The standard InChI is InChI=1S/C27H39N5.2ClH.Mn/c1-3-11-22-20(9-1)28-15-16-29-21-10-2-4-12-23(21)31-25-14-6-8-19-17-18-7-5-13-24(30-22)26(18)32-27(19)25;;;/h17,20-25H,1-16H2;2*1H;/q-4;;;+2/p-2/t20-,21?,22-,23-,24?,25?;;;/m1.../s1. The van der Waals surface area contributed by atoms with E-state index >= 15 is 0 Å². The first-order valence-electron chi connectivity index (χ1n) is 13.9. The van der Waals surface area contributed by atoms with Gasteiger partial charge in [0.1, 0.15) is 0 Å². The van der Waals surface area contributed by atoms with E-state index in [0.717, 1.165) is 25.9 Å². The summed E-state index contributed by atoms with van der Waals surface area (Å²) in [6.45, 7) is 1.74. The minimum Gasteiger partial charge on any atom is -0.662 e. The minimum atomic E-state index is 0.00694. The van der Waals surface area contributed by atoms with Crippen molar-refractivity contribution in [3.05, 3.63) is 49.8 Å². The summed E-state index contributed by atoms with van der Waals surface area (Å²) in [5.74, 6) is 0. The van der Waals surface area contributed by atoms with Gasteiger partial charge in [-0.05, 0) is 24.0 Å². The van der Waals surface area contributed by atoms with Gasteiger partial charge in [0.15, 0.2) is 0 Å². The van der Waals surface area contributed by atoms with E-state index in [9.17, 15) is 0 Å². The average Bonchev–Trinajstić information content (AvgIpc) is 2.88. The Hall–Kier alpha value is 0.0895. The van der Waals surface area contributed by atoms with E-state index in [1.54, 1.807) is 0 Å². The summed E-state index contributed by atoms with van der Waals surface area (Å²) >= 11 is 0.00694. The molecule has 6 atom stereocenters. The van der Waals surface area contributed by atoms with Gasteiger partial charge in [0.25, 0.3) is 0 Å². The van der Waals surface area contributed by atoms with Crippen molar-refractivity contribution in [2.45, 2.75) is 126 Å². The number of rotatable bonds is 0. The number of fused-ring (bicyclic) bond motifs is 2. The molecule has 35 heavy (non-hydrogen) atoms. The van der Waals surface area contributed by atoms with Crippen LogP contribution in [0, 0.1) is 0 Å². The number of pyridine rings is 1. The molecule has 0 radical (unpaired) electrons. The maximum absolute atomic E-state index is 5.47. The fourth-order valence-electron chi connectivity index (χ4n) is 7.01. The summed E-state index contributed by atoms with van der Waals surface area (Å²) in [6, 6.07) is 4.59. The molecule has 0 amide bonds. The molecule has 197 valence electrons. The maximum Gasteiger partial charge on any atom is 0.0264 e. The Balaban J connectivity index is 0.000000806. The number of aryl methyl sites for hydroxylation is 2. The van der Waals surface area contributed by atoms with Crippen LogP contribution in [0.5, 0.6) is 0 Å². The van der Waals surface area contributed by atoms with Crippen molar-refractivity contribution in [2.75, 3.05) is 13.1 Å². The molecule has 2 fully saturated rings. The van der Waals surface area contributed by atoms with Crippen molar-refractivity contribution in [1.82, 2.24) is 4.98 Å². The molecule has 5 aliphatic rings. The molecule has 6 rings (SSSR count). The molecule has 1 aromatic rings. The number of halogens is 2. The Labute approximate surface area is 226 Å². The number of nitrogens with zero attached hydrogens (tertiary/aromatic N) is 5. The first-order chi connectivity index (χ1) is 17.3. The molecular weight excluding hydrogens is 520 g/mol. The van der Waals surface area contributed by atoms with Crippen LogP contribution in [0.4, 0.5) is 0 Å². The van der Waals surface area contributed by atoms with Gasteiger partial charge in [0, 0.05) is 11.4 Å². The van der Waals surface area contributed by atoms with E-state index < -0.39 is 0 Å². The molecule has 2 saturated carbocycles. The van der Waals surface area contributed by atoms with Crippen LogP contribution in [0.2, 0.25) is 0 Å². The Morgan fingerprint density at radius 2 is 1.06 bits per heavy atom. The van der Waals surface area contributed by atoms with Gasteiger partial charge in [-0.1, -0.05) is 95.2 Å². The molecule has 0 saturated heterocycles. The largest absolute Gasteiger partial charge is 0.662 e. The van der Waals surface area contributed by atoms with Crippen molar-refractivity contribution in [3.63, 3.8) is 0 Å². The van der Waals surface area contributed by atoms with Gasteiger partial charge in [-0.15, -0.1) is 0 Å². The van der Waals surface area contributed by atoms with Crippen LogP contribution in [0.25, 0.3) is 21.3 Å². The summed E-state index contributed by atoms with van der Waals surface area (Å²) in [5.41, 5.74) is 5.54. The molecule has 8 heteroatoms. The quantitative estimate of drug-likeness (QED) is 0.295. The van der Waals surface area contributed by atoms with Crippen LogP contribution in [-0.2, 0) is 26.0 Å². The molecule has 2 bridgehead atoms. The molecule has 0 spiro atoms. The average molecular weight is 559 g/mol.